The van der Waals surface area contributed by atoms with E-state index in [1.807, 2.05) is 24.3 Å². The van der Waals surface area contributed by atoms with Crippen LogP contribution in [0.5, 0.6) is 0 Å². The van der Waals surface area contributed by atoms with Gasteiger partial charge in [0, 0.05) is 37.9 Å². The third-order valence-electron chi connectivity index (χ3n) is 4.16. The number of hydrogen-bond donors (Lipinski definition) is 2. The third kappa shape index (κ3) is 7.22. The average molecular weight is 368 g/mol. The van der Waals surface area contributed by atoms with Gasteiger partial charge in [-0.25, -0.2) is 0 Å². The molecule has 1 heterocycles. The topological polar surface area (TPSA) is 54.9 Å². The quantitative estimate of drug-likeness (QED) is 0.419. The molecule has 140 valence electrons. The summed E-state index contributed by atoms with van der Waals surface area (Å²) in [6.45, 7) is 8.07. The van der Waals surface area contributed by atoms with Crippen LogP contribution in [0, 0.1) is 0 Å². The van der Waals surface area contributed by atoms with Crippen LogP contribution in [0.1, 0.15) is 44.7 Å². The molecule has 6 heteroatoms. The molecule has 1 unspecified atom stereocenters. The summed E-state index contributed by atoms with van der Waals surface area (Å²) in [4.78, 5) is 4.64. The van der Waals surface area contributed by atoms with E-state index < -0.39 is 0 Å². The molecular weight excluding hydrogens is 338 g/mol. The van der Waals surface area contributed by atoms with Gasteiger partial charge in [-0.05, 0) is 44.7 Å². The summed E-state index contributed by atoms with van der Waals surface area (Å²) in [6.07, 6.45) is 3.27. The SMILES string of the molecule is CCNC(=NCCCOC1CCOCC1)NC(C)c1ccccc1Cl. The van der Waals surface area contributed by atoms with Gasteiger partial charge in [-0.15, -0.1) is 0 Å². The molecule has 1 aromatic carbocycles. The zero-order chi connectivity index (χ0) is 17.9. The Kier molecular flexibility index (Phi) is 9.08. The Hall–Kier alpha value is -1.30. The molecule has 1 aliphatic rings. The minimum atomic E-state index is 0.0880. The molecule has 0 amide bonds. The van der Waals surface area contributed by atoms with E-state index in [4.69, 9.17) is 21.1 Å². The summed E-state index contributed by atoms with van der Waals surface area (Å²) in [5, 5.41) is 7.46. The number of guanidine groups is 1. The van der Waals surface area contributed by atoms with Crippen molar-refractivity contribution in [3.05, 3.63) is 34.9 Å². The van der Waals surface area contributed by atoms with E-state index in [1.54, 1.807) is 0 Å². The Bertz CT molecular complexity index is 533. The standard InChI is InChI=1S/C19H30ClN3O2/c1-3-21-19(23-15(2)17-7-4-5-8-18(17)20)22-11-6-12-25-16-9-13-24-14-10-16/h4-5,7-8,15-16H,3,6,9-14H2,1-2H3,(H2,21,22,23). The average Bonchev–Trinajstić information content (AvgIpc) is 2.62. The number of aliphatic imine (C=N–C) groups is 1. The molecule has 25 heavy (non-hydrogen) atoms. The number of nitrogens with zero attached hydrogens (tertiary/aromatic N) is 1. The molecule has 0 aromatic heterocycles. The van der Waals surface area contributed by atoms with Crippen LogP contribution in [0.2, 0.25) is 5.02 Å². The Morgan fingerprint density at radius 3 is 2.84 bits per heavy atom. The van der Waals surface area contributed by atoms with Gasteiger partial charge in [-0.2, -0.15) is 0 Å². The minimum Gasteiger partial charge on any atom is -0.381 e. The summed E-state index contributed by atoms with van der Waals surface area (Å²) < 4.78 is 11.2. The smallest absolute Gasteiger partial charge is 0.191 e. The number of ether oxygens (including phenoxy) is 2. The molecule has 0 saturated carbocycles. The van der Waals surface area contributed by atoms with Gasteiger partial charge in [0.2, 0.25) is 0 Å². The first-order valence-electron chi connectivity index (χ1n) is 9.19. The van der Waals surface area contributed by atoms with Gasteiger partial charge in [0.05, 0.1) is 12.1 Å². The first kappa shape index (κ1) is 20.0. The summed E-state index contributed by atoms with van der Waals surface area (Å²) in [5.41, 5.74) is 1.07. The van der Waals surface area contributed by atoms with Crippen LogP contribution in [0.25, 0.3) is 0 Å². The van der Waals surface area contributed by atoms with Crippen LogP contribution >= 0.6 is 11.6 Å². The van der Waals surface area contributed by atoms with Crippen molar-refractivity contribution in [1.29, 1.82) is 0 Å². The lowest BCUT2D eigenvalue weighted by Crippen LogP contribution is -2.39. The lowest BCUT2D eigenvalue weighted by molar-refractivity contribution is -0.0318. The van der Waals surface area contributed by atoms with Crippen molar-refractivity contribution in [2.75, 3.05) is 32.9 Å². The second kappa shape index (κ2) is 11.3. The summed E-state index contributed by atoms with van der Waals surface area (Å²) >= 11 is 6.27. The van der Waals surface area contributed by atoms with Gasteiger partial charge in [0.1, 0.15) is 0 Å². The first-order valence-corrected chi connectivity index (χ1v) is 9.57. The highest BCUT2D eigenvalue weighted by atomic mass is 35.5. The molecule has 0 aliphatic carbocycles. The monoisotopic (exact) mass is 367 g/mol. The number of hydrogen-bond acceptors (Lipinski definition) is 3. The normalized spacial score (nSPS) is 17.3. The molecular formula is C19H30ClN3O2. The molecule has 1 aliphatic heterocycles. The van der Waals surface area contributed by atoms with E-state index in [0.29, 0.717) is 6.10 Å². The number of rotatable bonds is 8. The molecule has 2 rings (SSSR count). The molecule has 1 saturated heterocycles. The Balaban J connectivity index is 1.76. The second-order valence-corrected chi connectivity index (χ2v) is 6.59. The van der Waals surface area contributed by atoms with Gasteiger partial charge in [0.25, 0.3) is 0 Å². The van der Waals surface area contributed by atoms with Crippen molar-refractivity contribution in [3.8, 4) is 0 Å². The van der Waals surface area contributed by atoms with Gasteiger partial charge in [0.15, 0.2) is 5.96 Å². The van der Waals surface area contributed by atoms with Gasteiger partial charge >= 0.3 is 0 Å². The largest absolute Gasteiger partial charge is 0.381 e. The van der Waals surface area contributed by atoms with E-state index >= 15 is 0 Å². The number of halogens is 1. The van der Waals surface area contributed by atoms with Crippen LogP contribution in [-0.2, 0) is 9.47 Å². The fraction of sp³-hybridized carbons (Fsp3) is 0.632. The maximum atomic E-state index is 6.27. The molecule has 0 bridgehead atoms. The van der Waals surface area contributed by atoms with Gasteiger partial charge in [-0.1, -0.05) is 29.8 Å². The maximum absolute atomic E-state index is 6.27. The summed E-state index contributed by atoms with van der Waals surface area (Å²) in [6, 6.07) is 7.97. The van der Waals surface area contributed by atoms with Crippen molar-refractivity contribution >= 4 is 17.6 Å². The van der Waals surface area contributed by atoms with E-state index in [0.717, 1.165) is 68.7 Å². The van der Waals surface area contributed by atoms with Gasteiger partial charge < -0.3 is 20.1 Å². The fourth-order valence-electron chi connectivity index (χ4n) is 2.78. The van der Waals surface area contributed by atoms with Crippen LogP contribution in [0.3, 0.4) is 0 Å². The molecule has 0 radical (unpaired) electrons. The Labute approximate surface area is 156 Å². The summed E-state index contributed by atoms with van der Waals surface area (Å²) in [5.74, 6) is 0.806. The minimum absolute atomic E-state index is 0.0880. The van der Waals surface area contributed by atoms with Crippen LogP contribution in [0.4, 0.5) is 0 Å². The van der Waals surface area contributed by atoms with Crippen LogP contribution in [-0.4, -0.2) is 45.0 Å². The van der Waals surface area contributed by atoms with E-state index in [2.05, 4.69) is 29.5 Å². The van der Waals surface area contributed by atoms with E-state index in [-0.39, 0.29) is 6.04 Å². The van der Waals surface area contributed by atoms with Crippen LogP contribution in [0.15, 0.2) is 29.3 Å². The van der Waals surface area contributed by atoms with Crippen LogP contribution < -0.4 is 10.6 Å². The Morgan fingerprint density at radius 2 is 2.12 bits per heavy atom. The lowest BCUT2D eigenvalue weighted by Gasteiger charge is -2.22. The zero-order valence-electron chi connectivity index (χ0n) is 15.3. The highest BCUT2D eigenvalue weighted by Crippen LogP contribution is 2.21. The predicted octanol–water partition coefficient (Wildman–Crippen LogP) is 3.54. The van der Waals surface area contributed by atoms with Crippen molar-refractivity contribution in [2.45, 2.75) is 45.3 Å². The summed E-state index contributed by atoms with van der Waals surface area (Å²) in [7, 11) is 0. The van der Waals surface area contributed by atoms with E-state index in [9.17, 15) is 0 Å². The van der Waals surface area contributed by atoms with Crippen molar-refractivity contribution < 1.29 is 9.47 Å². The third-order valence-corrected chi connectivity index (χ3v) is 4.51. The fourth-order valence-corrected chi connectivity index (χ4v) is 3.08. The van der Waals surface area contributed by atoms with Gasteiger partial charge in [-0.3, -0.25) is 4.99 Å². The molecule has 1 fully saturated rings. The molecule has 5 nitrogen and oxygen atoms in total. The number of nitrogens with one attached hydrogen (secondary N) is 2. The Morgan fingerprint density at radius 1 is 1.36 bits per heavy atom. The number of benzene rings is 1. The van der Waals surface area contributed by atoms with Crippen molar-refractivity contribution in [1.82, 2.24) is 10.6 Å². The lowest BCUT2D eigenvalue weighted by atomic mass is 10.1. The zero-order valence-corrected chi connectivity index (χ0v) is 16.0. The maximum Gasteiger partial charge on any atom is 0.191 e. The molecule has 0 spiro atoms. The highest BCUT2D eigenvalue weighted by Gasteiger charge is 2.13. The molecule has 1 aromatic rings. The first-order chi connectivity index (χ1) is 12.2. The van der Waals surface area contributed by atoms with Crippen molar-refractivity contribution in [2.24, 2.45) is 4.99 Å². The van der Waals surface area contributed by atoms with E-state index in [1.165, 1.54) is 0 Å². The van der Waals surface area contributed by atoms with Crippen molar-refractivity contribution in [3.63, 3.8) is 0 Å². The second-order valence-electron chi connectivity index (χ2n) is 6.18. The highest BCUT2D eigenvalue weighted by molar-refractivity contribution is 6.31. The molecule has 1 atom stereocenters. The predicted molar refractivity (Wildman–Crippen MR) is 103 cm³/mol. The molecule has 2 N–H and O–H groups in total.